The van der Waals surface area contributed by atoms with Gasteiger partial charge >= 0.3 is 11.9 Å². The molecule has 2 rings (SSSR count). The molecular formula is C20H26O6. The summed E-state index contributed by atoms with van der Waals surface area (Å²) >= 11 is 0. The summed E-state index contributed by atoms with van der Waals surface area (Å²) in [7, 11) is 0. The van der Waals surface area contributed by atoms with Gasteiger partial charge in [-0.3, -0.25) is 0 Å². The minimum atomic E-state index is -0.451. The predicted molar refractivity (Wildman–Crippen MR) is 97.6 cm³/mol. The summed E-state index contributed by atoms with van der Waals surface area (Å²) in [6.45, 7) is 11.3. The quantitative estimate of drug-likeness (QED) is 0.716. The molecule has 0 saturated heterocycles. The van der Waals surface area contributed by atoms with Crippen molar-refractivity contribution in [2.45, 2.75) is 53.1 Å². The molecule has 0 spiro atoms. The third kappa shape index (κ3) is 4.56. The van der Waals surface area contributed by atoms with Crippen LogP contribution < -0.4 is 4.74 Å². The highest BCUT2D eigenvalue weighted by atomic mass is 16.6. The largest absolute Gasteiger partial charge is 0.482 e. The molecule has 0 bridgehead atoms. The SMILES string of the molecule is CCOC(=O)c1c(C(C)(C)C)oc2ccc(OCC(=O)OC(C)C)cc12. The first kappa shape index (κ1) is 19.8. The van der Waals surface area contributed by atoms with Gasteiger partial charge in [0.05, 0.1) is 12.7 Å². The predicted octanol–water partition coefficient (Wildman–Crippen LogP) is 4.24. The van der Waals surface area contributed by atoms with Crippen molar-refractivity contribution in [2.75, 3.05) is 13.2 Å². The van der Waals surface area contributed by atoms with E-state index < -0.39 is 11.9 Å². The van der Waals surface area contributed by atoms with E-state index >= 15 is 0 Å². The second-order valence-corrected chi connectivity index (χ2v) is 7.26. The van der Waals surface area contributed by atoms with Crippen LogP contribution in [0, 0.1) is 0 Å². The molecule has 6 nitrogen and oxygen atoms in total. The number of carbonyl (C=O) groups excluding carboxylic acids is 2. The van der Waals surface area contributed by atoms with Crippen molar-refractivity contribution >= 4 is 22.9 Å². The summed E-state index contributed by atoms with van der Waals surface area (Å²) in [4.78, 5) is 24.1. The van der Waals surface area contributed by atoms with Crippen molar-refractivity contribution in [2.24, 2.45) is 0 Å². The number of benzene rings is 1. The summed E-state index contributed by atoms with van der Waals surface area (Å²) in [5.41, 5.74) is 0.586. The van der Waals surface area contributed by atoms with Crippen molar-refractivity contribution < 1.29 is 28.2 Å². The maximum absolute atomic E-state index is 12.5. The molecule has 1 aromatic heterocycles. The summed E-state index contributed by atoms with van der Waals surface area (Å²) < 4.78 is 21.7. The Kier molecular flexibility index (Phi) is 5.95. The highest BCUT2D eigenvalue weighted by molar-refractivity contribution is 6.05. The van der Waals surface area contributed by atoms with Gasteiger partial charge in [-0.25, -0.2) is 9.59 Å². The van der Waals surface area contributed by atoms with Crippen molar-refractivity contribution in [1.29, 1.82) is 0 Å². The number of furan rings is 1. The molecule has 0 atom stereocenters. The van der Waals surface area contributed by atoms with Crippen LogP contribution in [0.15, 0.2) is 22.6 Å². The number of hydrogen-bond donors (Lipinski definition) is 0. The number of rotatable bonds is 6. The first-order valence-corrected chi connectivity index (χ1v) is 8.70. The van der Waals surface area contributed by atoms with Gasteiger partial charge in [0.15, 0.2) is 6.61 Å². The van der Waals surface area contributed by atoms with Gasteiger partial charge in [0, 0.05) is 10.8 Å². The second kappa shape index (κ2) is 7.81. The molecule has 1 aromatic carbocycles. The van der Waals surface area contributed by atoms with Gasteiger partial charge in [-0.1, -0.05) is 20.8 Å². The average molecular weight is 362 g/mol. The Morgan fingerprint density at radius 3 is 2.46 bits per heavy atom. The first-order chi connectivity index (χ1) is 12.1. The van der Waals surface area contributed by atoms with Crippen LogP contribution in [-0.2, 0) is 19.7 Å². The molecule has 0 saturated carbocycles. The third-order valence-electron chi connectivity index (χ3n) is 3.54. The molecule has 0 aliphatic heterocycles. The normalized spacial score (nSPS) is 11.7. The maximum atomic E-state index is 12.5. The van der Waals surface area contributed by atoms with Crippen molar-refractivity contribution in [3.63, 3.8) is 0 Å². The number of fused-ring (bicyclic) bond motifs is 1. The first-order valence-electron chi connectivity index (χ1n) is 8.70. The lowest BCUT2D eigenvalue weighted by Gasteiger charge is -2.16. The van der Waals surface area contributed by atoms with Crippen LogP contribution in [0.25, 0.3) is 11.0 Å². The zero-order chi connectivity index (χ0) is 19.5. The van der Waals surface area contributed by atoms with Crippen LogP contribution in [0.2, 0.25) is 0 Å². The molecule has 0 radical (unpaired) electrons. The van der Waals surface area contributed by atoms with Gasteiger partial charge in [-0.2, -0.15) is 0 Å². The number of hydrogen-bond acceptors (Lipinski definition) is 6. The zero-order valence-electron chi connectivity index (χ0n) is 16.2. The summed E-state index contributed by atoms with van der Waals surface area (Å²) in [5, 5.41) is 0.600. The molecule has 0 N–H and O–H groups in total. The molecule has 142 valence electrons. The minimum Gasteiger partial charge on any atom is -0.482 e. The fourth-order valence-corrected chi connectivity index (χ4v) is 2.54. The monoisotopic (exact) mass is 362 g/mol. The molecule has 0 unspecified atom stereocenters. The highest BCUT2D eigenvalue weighted by Crippen LogP contribution is 2.36. The number of ether oxygens (including phenoxy) is 3. The van der Waals surface area contributed by atoms with Gasteiger partial charge in [0.25, 0.3) is 0 Å². The van der Waals surface area contributed by atoms with Gasteiger partial charge in [0.2, 0.25) is 0 Å². The van der Waals surface area contributed by atoms with E-state index in [1.165, 1.54) is 0 Å². The van der Waals surface area contributed by atoms with Crippen LogP contribution in [0.1, 0.15) is 57.7 Å². The zero-order valence-corrected chi connectivity index (χ0v) is 16.2. The smallest absolute Gasteiger partial charge is 0.344 e. The Bertz CT molecular complexity index is 794. The fourth-order valence-electron chi connectivity index (χ4n) is 2.54. The van der Waals surface area contributed by atoms with E-state index in [4.69, 9.17) is 18.6 Å². The number of esters is 2. The van der Waals surface area contributed by atoms with Crippen LogP contribution in [-0.4, -0.2) is 31.3 Å². The molecule has 2 aromatic rings. The van der Waals surface area contributed by atoms with Crippen LogP contribution in [0.5, 0.6) is 5.75 Å². The van der Waals surface area contributed by atoms with Crippen LogP contribution in [0.4, 0.5) is 0 Å². The van der Waals surface area contributed by atoms with E-state index in [9.17, 15) is 9.59 Å². The van der Waals surface area contributed by atoms with Crippen molar-refractivity contribution in [3.05, 3.63) is 29.5 Å². The lowest BCUT2D eigenvalue weighted by molar-refractivity contribution is -0.149. The van der Waals surface area contributed by atoms with E-state index in [2.05, 4.69) is 0 Å². The van der Waals surface area contributed by atoms with E-state index in [-0.39, 0.29) is 24.7 Å². The molecule has 0 fully saturated rings. The Hall–Kier alpha value is -2.50. The van der Waals surface area contributed by atoms with E-state index in [1.54, 1.807) is 39.0 Å². The fraction of sp³-hybridized carbons (Fsp3) is 0.500. The standard InChI is InChI=1S/C20H26O6/c1-7-23-19(22)17-14-10-13(24-11-16(21)25-12(2)3)8-9-15(14)26-18(17)20(4,5)6/h8-10,12H,7,11H2,1-6H3. The Balaban J connectivity index is 2.38. The Morgan fingerprint density at radius 1 is 1.19 bits per heavy atom. The Labute approximate surface area is 153 Å². The lowest BCUT2D eigenvalue weighted by Crippen LogP contribution is -2.18. The van der Waals surface area contributed by atoms with Gasteiger partial charge in [-0.05, 0) is 39.0 Å². The van der Waals surface area contributed by atoms with Gasteiger partial charge in [-0.15, -0.1) is 0 Å². The van der Waals surface area contributed by atoms with Crippen LogP contribution >= 0.6 is 0 Å². The second-order valence-electron chi connectivity index (χ2n) is 7.26. The molecule has 0 amide bonds. The Morgan fingerprint density at radius 2 is 1.88 bits per heavy atom. The van der Waals surface area contributed by atoms with E-state index in [1.807, 2.05) is 20.8 Å². The molecule has 1 heterocycles. The summed E-state index contributed by atoms with van der Waals surface area (Å²) in [5.74, 6) is 0.119. The maximum Gasteiger partial charge on any atom is 0.344 e. The van der Waals surface area contributed by atoms with Crippen molar-refractivity contribution in [3.8, 4) is 5.75 Å². The van der Waals surface area contributed by atoms with E-state index in [0.29, 0.717) is 28.0 Å². The molecule has 0 aliphatic carbocycles. The molecule has 0 aliphatic rings. The van der Waals surface area contributed by atoms with Gasteiger partial charge < -0.3 is 18.6 Å². The minimum absolute atomic E-state index is 0.202. The third-order valence-corrected chi connectivity index (χ3v) is 3.54. The molecule has 26 heavy (non-hydrogen) atoms. The average Bonchev–Trinajstić information content (AvgIpc) is 2.91. The van der Waals surface area contributed by atoms with Crippen LogP contribution in [0.3, 0.4) is 0 Å². The lowest BCUT2D eigenvalue weighted by atomic mass is 9.89. The molecular weight excluding hydrogens is 336 g/mol. The van der Waals surface area contributed by atoms with Gasteiger partial charge in [0.1, 0.15) is 22.7 Å². The van der Waals surface area contributed by atoms with E-state index in [0.717, 1.165) is 0 Å². The number of carbonyl (C=O) groups is 2. The summed E-state index contributed by atoms with van der Waals surface area (Å²) in [6, 6.07) is 5.09. The van der Waals surface area contributed by atoms with Crippen molar-refractivity contribution in [1.82, 2.24) is 0 Å². The molecule has 6 heteroatoms. The summed E-state index contributed by atoms with van der Waals surface area (Å²) in [6.07, 6.45) is -0.202. The topological polar surface area (TPSA) is 75.0 Å². The highest BCUT2D eigenvalue weighted by Gasteiger charge is 2.30.